The Bertz CT molecular complexity index is 731. The molecule has 3 rings (SSSR count). The second kappa shape index (κ2) is 4.57. The molecule has 2 aromatic carbocycles. The number of hydrogen-bond acceptors (Lipinski definition) is 2. The first-order chi connectivity index (χ1) is 9.25. The molecule has 4 nitrogen and oxygen atoms in total. The SMILES string of the molecule is CC(=O)Nc1nc2ccccc2n1-c1ccccc1. The van der Waals surface area contributed by atoms with Crippen LogP contribution in [0.5, 0.6) is 0 Å². The van der Waals surface area contributed by atoms with Gasteiger partial charge in [0.25, 0.3) is 0 Å². The van der Waals surface area contributed by atoms with Crippen LogP contribution in [0.1, 0.15) is 6.92 Å². The molecule has 19 heavy (non-hydrogen) atoms. The molecule has 0 fully saturated rings. The van der Waals surface area contributed by atoms with Gasteiger partial charge in [0, 0.05) is 12.6 Å². The summed E-state index contributed by atoms with van der Waals surface area (Å²) in [7, 11) is 0. The quantitative estimate of drug-likeness (QED) is 0.761. The van der Waals surface area contributed by atoms with Crippen LogP contribution in [0.2, 0.25) is 0 Å². The van der Waals surface area contributed by atoms with Crippen LogP contribution in [0.25, 0.3) is 16.7 Å². The van der Waals surface area contributed by atoms with Crippen molar-refractivity contribution in [3.8, 4) is 5.69 Å². The van der Waals surface area contributed by atoms with Crippen LogP contribution in [-0.4, -0.2) is 15.5 Å². The molecular weight excluding hydrogens is 238 g/mol. The van der Waals surface area contributed by atoms with Gasteiger partial charge in [0.2, 0.25) is 11.9 Å². The van der Waals surface area contributed by atoms with Gasteiger partial charge >= 0.3 is 0 Å². The number of carbonyl (C=O) groups excluding carboxylic acids is 1. The van der Waals surface area contributed by atoms with Crippen molar-refractivity contribution in [3.05, 3.63) is 54.6 Å². The first kappa shape index (κ1) is 11.5. The van der Waals surface area contributed by atoms with Crippen molar-refractivity contribution in [1.29, 1.82) is 0 Å². The van der Waals surface area contributed by atoms with Crippen molar-refractivity contribution in [2.24, 2.45) is 0 Å². The minimum absolute atomic E-state index is 0.132. The van der Waals surface area contributed by atoms with E-state index in [1.54, 1.807) is 0 Å². The topological polar surface area (TPSA) is 46.9 Å². The summed E-state index contributed by atoms with van der Waals surface area (Å²) in [6.07, 6.45) is 0. The number of anilines is 1. The first-order valence-electron chi connectivity index (χ1n) is 6.06. The Morgan fingerprint density at radius 3 is 2.47 bits per heavy atom. The van der Waals surface area contributed by atoms with Gasteiger partial charge in [-0.1, -0.05) is 30.3 Å². The Hall–Kier alpha value is -2.62. The van der Waals surface area contributed by atoms with Crippen molar-refractivity contribution >= 4 is 22.9 Å². The number of hydrogen-bond donors (Lipinski definition) is 1. The molecule has 4 heteroatoms. The summed E-state index contributed by atoms with van der Waals surface area (Å²) < 4.78 is 1.94. The third-order valence-corrected chi connectivity index (χ3v) is 2.86. The number of nitrogens with one attached hydrogen (secondary N) is 1. The summed E-state index contributed by atoms with van der Waals surface area (Å²) in [6.45, 7) is 1.48. The van der Waals surface area contributed by atoms with Gasteiger partial charge in [0.05, 0.1) is 11.0 Å². The highest BCUT2D eigenvalue weighted by Gasteiger charge is 2.12. The minimum atomic E-state index is -0.132. The maximum atomic E-state index is 11.3. The number of amides is 1. The molecule has 1 amide bonds. The van der Waals surface area contributed by atoms with Crippen LogP contribution in [0.4, 0.5) is 5.95 Å². The summed E-state index contributed by atoms with van der Waals surface area (Å²) in [6, 6.07) is 17.7. The predicted molar refractivity (Wildman–Crippen MR) is 75.4 cm³/mol. The van der Waals surface area contributed by atoms with Gasteiger partial charge in [0.15, 0.2) is 0 Å². The lowest BCUT2D eigenvalue weighted by Gasteiger charge is -2.08. The number of nitrogens with zero attached hydrogens (tertiary/aromatic N) is 2. The van der Waals surface area contributed by atoms with Crippen LogP contribution in [0.3, 0.4) is 0 Å². The summed E-state index contributed by atoms with van der Waals surface area (Å²) in [5.74, 6) is 0.410. The fourth-order valence-corrected chi connectivity index (χ4v) is 2.11. The monoisotopic (exact) mass is 251 g/mol. The maximum absolute atomic E-state index is 11.3. The molecule has 1 aromatic heterocycles. The van der Waals surface area contributed by atoms with E-state index in [1.165, 1.54) is 6.92 Å². The van der Waals surface area contributed by atoms with E-state index in [9.17, 15) is 4.79 Å². The number of fused-ring (bicyclic) bond motifs is 1. The van der Waals surface area contributed by atoms with E-state index in [1.807, 2.05) is 59.2 Å². The van der Waals surface area contributed by atoms with Gasteiger partial charge in [-0.05, 0) is 24.3 Å². The fraction of sp³-hybridized carbons (Fsp3) is 0.0667. The third kappa shape index (κ3) is 2.08. The molecular formula is C15H13N3O. The van der Waals surface area contributed by atoms with E-state index in [2.05, 4.69) is 10.3 Å². The second-order valence-corrected chi connectivity index (χ2v) is 4.28. The zero-order valence-corrected chi connectivity index (χ0v) is 10.5. The van der Waals surface area contributed by atoms with Gasteiger partial charge in [-0.25, -0.2) is 4.98 Å². The predicted octanol–water partition coefficient (Wildman–Crippen LogP) is 2.98. The van der Waals surface area contributed by atoms with E-state index in [0.717, 1.165) is 16.7 Å². The van der Waals surface area contributed by atoms with Gasteiger partial charge in [-0.2, -0.15) is 0 Å². The minimum Gasteiger partial charge on any atom is -0.296 e. The van der Waals surface area contributed by atoms with Gasteiger partial charge in [0.1, 0.15) is 0 Å². The number of rotatable bonds is 2. The van der Waals surface area contributed by atoms with Crippen LogP contribution < -0.4 is 5.32 Å². The van der Waals surface area contributed by atoms with E-state index in [0.29, 0.717) is 5.95 Å². The Morgan fingerprint density at radius 2 is 1.74 bits per heavy atom. The molecule has 0 saturated heterocycles. The lowest BCUT2D eigenvalue weighted by atomic mass is 10.3. The average Bonchev–Trinajstić information content (AvgIpc) is 2.76. The van der Waals surface area contributed by atoms with Crippen LogP contribution >= 0.6 is 0 Å². The molecule has 0 saturated carbocycles. The maximum Gasteiger partial charge on any atom is 0.223 e. The van der Waals surface area contributed by atoms with Gasteiger partial charge in [-0.15, -0.1) is 0 Å². The molecule has 0 spiro atoms. The number of imidazole rings is 1. The molecule has 0 aliphatic heterocycles. The molecule has 0 bridgehead atoms. The molecule has 0 radical (unpaired) electrons. The van der Waals surface area contributed by atoms with E-state index >= 15 is 0 Å². The molecule has 0 aliphatic rings. The van der Waals surface area contributed by atoms with Crippen molar-refractivity contribution in [2.75, 3.05) is 5.32 Å². The molecule has 94 valence electrons. The van der Waals surface area contributed by atoms with Crippen molar-refractivity contribution in [2.45, 2.75) is 6.92 Å². The molecule has 1 N–H and O–H groups in total. The Labute approximate surface area is 110 Å². The summed E-state index contributed by atoms with van der Waals surface area (Å²) in [5.41, 5.74) is 2.80. The summed E-state index contributed by atoms with van der Waals surface area (Å²) >= 11 is 0. The largest absolute Gasteiger partial charge is 0.296 e. The third-order valence-electron chi connectivity index (χ3n) is 2.86. The standard InChI is InChI=1S/C15H13N3O/c1-11(19)16-15-17-13-9-5-6-10-14(13)18(15)12-7-3-2-4-8-12/h2-10H,1H3,(H,16,17,19). The van der Waals surface area contributed by atoms with Crippen LogP contribution in [0.15, 0.2) is 54.6 Å². The van der Waals surface area contributed by atoms with Crippen LogP contribution in [0, 0.1) is 0 Å². The van der Waals surface area contributed by atoms with Crippen molar-refractivity contribution < 1.29 is 4.79 Å². The first-order valence-corrected chi connectivity index (χ1v) is 6.06. The highest BCUT2D eigenvalue weighted by atomic mass is 16.1. The van der Waals surface area contributed by atoms with E-state index < -0.39 is 0 Å². The van der Waals surface area contributed by atoms with Crippen LogP contribution in [-0.2, 0) is 4.79 Å². The average molecular weight is 251 g/mol. The van der Waals surface area contributed by atoms with Crippen molar-refractivity contribution in [3.63, 3.8) is 0 Å². The normalized spacial score (nSPS) is 10.6. The van der Waals surface area contributed by atoms with Crippen molar-refractivity contribution in [1.82, 2.24) is 9.55 Å². The molecule has 0 atom stereocenters. The number of benzene rings is 2. The highest BCUT2D eigenvalue weighted by molar-refractivity contribution is 5.90. The lowest BCUT2D eigenvalue weighted by molar-refractivity contribution is -0.114. The highest BCUT2D eigenvalue weighted by Crippen LogP contribution is 2.24. The zero-order valence-electron chi connectivity index (χ0n) is 10.5. The summed E-state index contributed by atoms with van der Waals surface area (Å²) in [4.78, 5) is 15.8. The molecule has 0 unspecified atom stereocenters. The number of aromatic nitrogens is 2. The fourth-order valence-electron chi connectivity index (χ4n) is 2.11. The zero-order chi connectivity index (χ0) is 13.2. The van der Waals surface area contributed by atoms with E-state index in [-0.39, 0.29) is 5.91 Å². The lowest BCUT2D eigenvalue weighted by Crippen LogP contribution is -2.11. The molecule has 3 aromatic rings. The Morgan fingerprint density at radius 1 is 1.05 bits per heavy atom. The van der Waals surface area contributed by atoms with Gasteiger partial charge in [-0.3, -0.25) is 14.7 Å². The smallest absolute Gasteiger partial charge is 0.223 e. The van der Waals surface area contributed by atoms with E-state index in [4.69, 9.17) is 0 Å². The number of para-hydroxylation sites is 3. The second-order valence-electron chi connectivity index (χ2n) is 4.28. The summed E-state index contributed by atoms with van der Waals surface area (Å²) in [5, 5.41) is 2.77. The Kier molecular flexibility index (Phi) is 2.76. The molecule has 0 aliphatic carbocycles. The Balaban J connectivity index is 2.27. The number of carbonyl (C=O) groups is 1. The van der Waals surface area contributed by atoms with Gasteiger partial charge < -0.3 is 0 Å². The molecule has 1 heterocycles.